The molecule has 0 amide bonds. The van der Waals surface area contributed by atoms with Crippen LogP contribution in [-0.4, -0.2) is 78.1 Å². The number of sulfonamides is 1. The molecule has 0 bridgehead atoms. The molecule has 1 N–H and O–H groups in total. The van der Waals surface area contributed by atoms with Crippen LogP contribution in [0.2, 0.25) is 0 Å². The molecule has 2 aromatic heterocycles. The maximum atomic E-state index is 13.6. The lowest BCUT2D eigenvalue weighted by Gasteiger charge is -2.39. The second-order valence-electron chi connectivity index (χ2n) is 8.58. The third kappa shape index (κ3) is 3.66. The molecule has 3 aromatic rings. The summed E-state index contributed by atoms with van der Waals surface area (Å²) in [7, 11) is -3.54. The van der Waals surface area contributed by atoms with E-state index in [2.05, 4.69) is 25.0 Å². The van der Waals surface area contributed by atoms with Gasteiger partial charge in [0.2, 0.25) is 10.0 Å². The van der Waals surface area contributed by atoms with Gasteiger partial charge in [-0.15, -0.1) is 0 Å². The molecule has 0 saturated carbocycles. The largest absolute Gasteiger partial charge is 0.368 e. The van der Waals surface area contributed by atoms with Gasteiger partial charge in [-0.1, -0.05) is 0 Å². The Morgan fingerprint density at radius 2 is 1.88 bits per heavy atom. The van der Waals surface area contributed by atoms with Gasteiger partial charge in [0.1, 0.15) is 10.7 Å². The first kappa shape index (κ1) is 21.3. The number of nitrogens with one attached hydrogen (secondary N) is 1. The van der Waals surface area contributed by atoms with E-state index in [-0.39, 0.29) is 11.9 Å². The predicted octanol–water partition coefficient (Wildman–Crippen LogP) is 2.30. The SMILES string of the molecule is Cc1n[nH]c(C)c1S(=O)(=O)N1CCC(N2CCN(c3ccnc4cc(F)ccc34)CC2)C1. The maximum Gasteiger partial charge on any atom is 0.246 e. The number of anilines is 1. The molecule has 4 heterocycles. The average molecular weight is 459 g/mol. The van der Waals surface area contributed by atoms with Crippen LogP contribution in [0.5, 0.6) is 0 Å². The fraction of sp³-hybridized carbons (Fsp3) is 0.455. The lowest BCUT2D eigenvalue weighted by molar-refractivity contribution is 0.192. The van der Waals surface area contributed by atoms with E-state index < -0.39 is 10.0 Å². The van der Waals surface area contributed by atoms with Gasteiger partial charge in [-0.3, -0.25) is 15.0 Å². The number of hydrogen-bond acceptors (Lipinski definition) is 6. The molecular weight excluding hydrogens is 431 g/mol. The fourth-order valence-corrected chi connectivity index (χ4v) is 6.81. The smallest absolute Gasteiger partial charge is 0.246 e. The van der Waals surface area contributed by atoms with Crippen molar-refractivity contribution in [3.63, 3.8) is 0 Å². The fourth-order valence-electron chi connectivity index (χ4n) is 4.99. The summed E-state index contributed by atoms with van der Waals surface area (Å²) in [5.74, 6) is -0.284. The second kappa shape index (κ2) is 8.09. The summed E-state index contributed by atoms with van der Waals surface area (Å²) in [5, 5.41) is 7.78. The highest BCUT2D eigenvalue weighted by Crippen LogP contribution is 2.30. The molecule has 1 unspecified atom stereocenters. The second-order valence-corrected chi connectivity index (χ2v) is 10.5. The van der Waals surface area contributed by atoms with Crippen LogP contribution in [0.25, 0.3) is 10.9 Å². The molecule has 170 valence electrons. The Labute approximate surface area is 187 Å². The van der Waals surface area contributed by atoms with Crippen LogP contribution in [-0.2, 0) is 10.0 Å². The first-order chi connectivity index (χ1) is 15.3. The maximum absolute atomic E-state index is 13.6. The van der Waals surface area contributed by atoms with Gasteiger partial charge >= 0.3 is 0 Å². The third-order valence-electron chi connectivity index (χ3n) is 6.64. The molecule has 0 aliphatic carbocycles. The standard InChI is InChI=1S/C22H27FN6O2S/c1-15-22(16(2)26-25-15)32(30,31)29-8-6-18(14-29)27-9-11-28(12-10-27)21-5-7-24-20-13-17(23)3-4-19(20)21/h3-5,7,13,18H,6,8-12,14H2,1-2H3,(H,25,26). The number of pyridine rings is 1. The minimum atomic E-state index is -3.54. The van der Waals surface area contributed by atoms with Crippen LogP contribution in [0.3, 0.4) is 0 Å². The van der Waals surface area contributed by atoms with Gasteiger partial charge in [0.05, 0.1) is 16.9 Å². The van der Waals surface area contributed by atoms with Crippen molar-refractivity contribution in [3.05, 3.63) is 47.7 Å². The number of piperazine rings is 1. The van der Waals surface area contributed by atoms with Crippen LogP contribution in [0.15, 0.2) is 35.4 Å². The van der Waals surface area contributed by atoms with Gasteiger partial charge in [0, 0.05) is 68.6 Å². The number of rotatable bonds is 4. The number of benzene rings is 1. The molecule has 2 fully saturated rings. The summed E-state index contributed by atoms with van der Waals surface area (Å²) in [6.45, 7) is 7.87. The minimum Gasteiger partial charge on any atom is -0.368 e. The van der Waals surface area contributed by atoms with E-state index in [9.17, 15) is 12.8 Å². The monoisotopic (exact) mass is 458 g/mol. The van der Waals surface area contributed by atoms with Crippen LogP contribution in [0.4, 0.5) is 10.1 Å². The number of aromatic nitrogens is 3. The van der Waals surface area contributed by atoms with Crippen LogP contribution >= 0.6 is 0 Å². The van der Waals surface area contributed by atoms with Crippen molar-refractivity contribution in [1.29, 1.82) is 0 Å². The summed E-state index contributed by atoms with van der Waals surface area (Å²) in [6.07, 6.45) is 2.55. The van der Waals surface area contributed by atoms with Gasteiger partial charge < -0.3 is 4.90 Å². The summed E-state index contributed by atoms with van der Waals surface area (Å²) in [5.41, 5.74) is 2.83. The molecule has 5 rings (SSSR count). The molecule has 1 aromatic carbocycles. The molecule has 10 heteroatoms. The van der Waals surface area contributed by atoms with Gasteiger partial charge in [-0.05, 0) is 38.5 Å². The van der Waals surface area contributed by atoms with Gasteiger partial charge in [-0.2, -0.15) is 9.40 Å². The summed E-state index contributed by atoms with van der Waals surface area (Å²) in [6, 6.07) is 6.92. The van der Waals surface area contributed by atoms with Crippen molar-refractivity contribution in [2.45, 2.75) is 31.2 Å². The van der Waals surface area contributed by atoms with E-state index in [4.69, 9.17) is 0 Å². The number of fused-ring (bicyclic) bond motifs is 1. The first-order valence-electron chi connectivity index (χ1n) is 10.9. The average Bonchev–Trinajstić information content (AvgIpc) is 3.41. The Morgan fingerprint density at radius 1 is 1.09 bits per heavy atom. The summed E-state index contributed by atoms with van der Waals surface area (Å²) in [4.78, 5) is 9.30. The zero-order chi connectivity index (χ0) is 22.5. The topological polar surface area (TPSA) is 85.4 Å². The van der Waals surface area contributed by atoms with Crippen molar-refractivity contribution in [2.24, 2.45) is 0 Å². The molecule has 2 aliphatic rings. The summed E-state index contributed by atoms with van der Waals surface area (Å²) < 4.78 is 41.5. The van der Waals surface area contributed by atoms with Crippen molar-refractivity contribution < 1.29 is 12.8 Å². The number of H-pyrrole nitrogens is 1. The van der Waals surface area contributed by atoms with Crippen molar-refractivity contribution in [3.8, 4) is 0 Å². The Hall–Kier alpha value is -2.56. The van der Waals surface area contributed by atoms with Gasteiger partial charge in [-0.25, -0.2) is 12.8 Å². The zero-order valence-electron chi connectivity index (χ0n) is 18.3. The number of hydrogen-bond donors (Lipinski definition) is 1. The van der Waals surface area contributed by atoms with Crippen molar-refractivity contribution in [1.82, 2.24) is 24.4 Å². The van der Waals surface area contributed by atoms with Crippen molar-refractivity contribution >= 4 is 26.6 Å². The number of halogens is 1. The van der Waals surface area contributed by atoms with E-state index in [0.29, 0.717) is 34.9 Å². The first-order valence-corrected chi connectivity index (χ1v) is 12.3. The molecule has 0 spiro atoms. The number of aromatic amines is 1. The van der Waals surface area contributed by atoms with Gasteiger partial charge in [0.15, 0.2) is 0 Å². The lowest BCUT2D eigenvalue weighted by atomic mass is 10.1. The highest BCUT2D eigenvalue weighted by molar-refractivity contribution is 7.89. The van der Waals surface area contributed by atoms with E-state index >= 15 is 0 Å². The third-order valence-corrected chi connectivity index (χ3v) is 8.77. The zero-order valence-corrected chi connectivity index (χ0v) is 19.1. The van der Waals surface area contributed by atoms with E-state index in [1.807, 2.05) is 6.07 Å². The minimum absolute atomic E-state index is 0.211. The Bertz CT molecular complexity index is 1230. The highest BCUT2D eigenvalue weighted by Gasteiger charge is 2.38. The van der Waals surface area contributed by atoms with E-state index in [1.165, 1.54) is 12.1 Å². The molecule has 2 saturated heterocycles. The van der Waals surface area contributed by atoms with Gasteiger partial charge in [0.25, 0.3) is 0 Å². The molecule has 32 heavy (non-hydrogen) atoms. The molecule has 8 nitrogen and oxygen atoms in total. The molecular formula is C22H27FN6O2S. The highest BCUT2D eigenvalue weighted by atomic mass is 32.2. The number of aryl methyl sites for hydroxylation is 2. The molecule has 2 aliphatic heterocycles. The van der Waals surface area contributed by atoms with Crippen LogP contribution in [0, 0.1) is 19.7 Å². The predicted molar refractivity (Wildman–Crippen MR) is 121 cm³/mol. The summed E-state index contributed by atoms with van der Waals surface area (Å²) >= 11 is 0. The quantitative estimate of drug-likeness (QED) is 0.646. The van der Waals surface area contributed by atoms with Crippen LogP contribution in [0.1, 0.15) is 17.8 Å². The Kier molecular flexibility index (Phi) is 5.39. The van der Waals surface area contributed by atoms with E-state index in [1.54, 1.807) is 30.4 Å². The number of nitrogens with zero attached hydrogens (tertiary/aromatic N) is 5. The van der Waals surface area contributed by atoms with E-state index in [0.717, 1.165) is 43.7 Å². The molecule has 0 radical (unpaired) electrons. The molecule has 1 atom stereocenters. The Balaban J connectivity index is 1.26. The Morgan fingerprint density at radius 3 is 2.59 bits per heavy atom. The van der Waals surface area contributed by atoms with Crippen LogP contribution < -0.4 is 4.90 Å². The lowest BCUT2D eigenvalue weighted by Crippen LogP contribution is -2.51. The normalized spacial score (nSPS) is 21.0. The van der Waals surface area contributed by atoms with Crippen molar-refractivity contribution in [2.75, 3.05) is 44.2 Å².